The van der Waals surface area contributed by atoms with Crippen molar-refractivity contribution in [3.63, 3.8) is 0 Å². The van der Waals surface area contributed by atoms with E-state index in [4.69, 9.17) is 5.73 Å². The number of benzene rings is 1. The smallest absolute Gasteiger partial charge is 0.387 e. The van der Waals surface area contributed by atoms with Crippen molar-refractivity contribution in [2.45, 2.75) is 33.3 Å². The molecule has 4 nitrogen and oxygen atoms in total. The van der Waals surface area contributed by atoms with Crippen LogP contribution in [0.2, 0.25) is 0 Å². The number of carbonyl (C=O) groups is 1. The second-order valence-electron chi connectivity index (χ2n) is 5.39. The Kier molecular flexibility index (Phi) is 7.08. The van der Waals surface area contributed by atoms with Gasteiger partial charge in [-0.2, -0.15) is 8.78 Å². The van der Waals surface area contributed by atoms with Crippen LogP contribution in [-0.2, 0) is 4.79 Å². The summed E-state index contributed by atoms with van der Waals surface area (Å²) in [6.07, 6.45) is 1.19. The Hall–Kier alpha value is -1.69. The van der Waals surface area contributed by atoms with Crippen molar-refractivity contribution in [3.8, 4) is 5.75 Å². The van der Waals surface area contributed by atoms with E-state index in [0.717, 1.165) is 6.42 Å². The highest BCUT2D eigenvalue weighted by molar-refractivity contribution is 5.91. The second kappa shape index (κ2) is 8.56. The number of halogens is 2. The van der Waals surface area contributed by atoms with Gasteiger partial charge in [-0.3, -0.25) is 4.79 Å². The first kappa shape index (κ1) is 17.4. The van der Waals surface area contributed by atoms with Gasteiger partial charge in [-0.05, 0) is 36.9 Å². The molecule has 0 aliphatic rings. The summed E-state index contributed by atoms with van der Waals surface area (Å²) >= 11 is 0. The quantitative estimate of drug-likeness (QED) is 0.774. The monoisotopic (exact) mass is 300 g/mol. The average Bonchev–Trinajstić information content (AvgIpc) is 2.36. The molecule has 6 heteroatoms. The summed E-state index contributed by atoms with van der Waals surface area (Å²) in [5.74, 6) is 0.417. The molecule has 118 valence electrons. The van der Waals surface area contributed by atoms with Gasteiger partial charge in [0.25, 0.3) is 0 Å². The number of alkyl halides is 2. The summed E-state index contributed by atoms with van der Waals surface area (Å²) in [4.78, 5) is 11.9. The molecule has 1 amide bonds. The zero-order valence-electron chi connectivity index (χ0n) is 12.3. The third-order valence-electron chi connectivity index (χ3n) is 2.96. The lowest BCUT2D eigenvalue weighted by Crippen LogP contribution is -2.23. The topological polar surface area (TPSA) is 64.4 Å². The first-order chi connectivity index (χ1) is 9.90. The van der Waals surface area contributed by atoms with Crippen molar-refractivity contribution in [3.05, 3.63) is 24.3 Å². The highest BCUT2D eigenvalue weighted by Crippen LogP contribution is 2.20. The number of ether oxygens (including phenoxy) is 1. The summed E-state index contributed by atoms with van der Waals surface area (Å²) in [6, 6.07) is 5.94. The van der Waals surface area contributed by atoms with Gasteiger partial charge >= 0.3 is 6.61 Å². The molecule has 0 aliphatic heterocycles. The van der Waals surface area contributed by atoms with Crippen LogP contribution in [0.25, 0.3) is 0 Å². The SMILES string of the molecule is CC(C)CC(CN)CC(=O)Nc1cccc(OC(F)F)c1. The van der Waals surface area contributed by atoms with E-state index in [-0.39, 0.29) is 17.6 Å². The molecule has 0 aliphatic carbocycles. The largest absolute Gasteiger partial charge is 0.435 e. The van der Waals surface area contributed by atoms with E-state index < -0.39 is 6.61 Å². The molecule has 0 bridgehead atoms. The number of hydrogen-bond acceptors (Lipinski definition) is 3. The van der Waals surface area contributed by atoms with Crippen LogP contribution < -0.4 is 15.8 Å². The highest BCUT2D eigenvalue weighted by atomic mass is 19.3. The van der Waals surface area contributed by atoms with Gasteiger partial charge in [0.1, 0.15) is 5.75 Å². The number of anilines is 1. The summed E-state index contributed by atoms with van der Waals surface area (Å²) in [6.45, 7) is 1.71. The molecule has 1 rings (SSSR count). The Morgan fingerprint density at radius 1 is 1.38 bits per heavy atom. The zero-order chi connectivity index (χ0) is 15.8. The third kappa shape index (κ3) is 7.04. The van der Waals surface area contributed by atoms with Crippen molar-refractivity contribution in [2.24, 2.45) is 17.6 Å². The molecule has 1 aromatic carbocycles. The predicted octanol–water partition coefficient (Wildman–Crippen LogP) is 3.24. The Bertz CT molecular complexity index is 453. The maximum atomic E-state index is 12.1. The Morgan fingerprint density at radius 3 is 2.67 bits per heavy atom. The molecule has 1 aromatic rings. The lowest BCUT2D eigenvalue weighted by molar-refractivity contribution is -0.117. The number of carbonyl (C=O) groups excluding carboxylic acids is 1. The number of rotatable bonds is 8. The zero-order valence-corrected chi connectivity index (χ0v) is 12.3. The fourth-order valence-corrected chi connectivity index (χ4v) is 2.15. The van der Waals surface area contributed by atoms with Crippen LogP contribution in [0.15, 0.2) is 24.3 Å². The van der Waals surface area contributed by atoms with E-state index in [1.54, 1.807) is 12.1 Å². The van der Waals surface area contributed by atoms with Gasteiger partial charge in [0.2, 0.25) is 5.91 Å². The van der Waals surface area contributed by atoms with Gasteiger partial charge in [0, 0.05) is 18.2 Å². The number of nitrogens with two attached hydrogens (primary N) is 1. The lowest BCUT2D eigenvalue weighted by Gasteiger charge is -2.16. The number of hydrogen-bond donors (Lipinski definition) is 2. The third-order valence-corrected chi connectivity index (χ3v) is 2.96. The molecule has 21 heavy (non-hydrogen) atoms. The minimum Gasteiger partial charge on any atom is -0.435 e. The number of nitrogens with one attached hydrogen (secondary N) is 1. The molecule has 0 saturated carbocycles. The fourth-order valence-electron chi connectivity index (χ4n) is 2.15. The highest BCUT2D eigenvalue weighted by Gasteiger charge is 2.14. The van der Waals surface area contributed by atoms with Gasteiger partial charge in [0.15, 0.2) is 0 Å². The first-order valence-corrected chi connectivity index (χ1v) is 6.95. The first-order valence-electron chi connectivity index (χ1n) is 6.95. The molecular formula is C15H22F2N2O2. The van der Waals surface area contributed by atoms with Crippen LogP contribution in [0.4, 0.5) is 14.5 Å². The lowest BCUT2D eigenvalue weighted by atomic mass is 9.94. The van der Waals surface area contributed by atoms with Crippen LogP contribution in [0.1, 0.15) is 26.7 Å². The molecule has 3 N–H and O–H groups in total. The summed E-state index contributed by atoms with van der Waals surface area (Å²) in [5.41, 5.74) is 6.09. The van der Waals surface area contributed by atoms with Crippen LogP contribution >= 0.6 is 0 Å². The molecule has 0 fully saturated rings. The summed E-state index contributed by atoms with van der Waals surface area (Å²) in [5, 5.41) is 2.67. The van der Waals surface area contributed by atoms with E-state index in [0.29, 0.717) is 24.6 Å². The van der Waals surface area contributed by atoms with E-state index in [9.17, 15) is 13.6 Å². The van der Waals surface area contributed by atoms with Crippen molar-refractivity contribution in [1.82, 2.24) is 0 Å². The van der Waals surface area contributed by atoms with Crippen molar-refractivity contribution in [1.29, 1.82) is 0 Å². The summed E-state index contributed by atoms with van der Waals surface area (Å²) in [7, 11) is 0. The molecule has 1 atom stereocenters. The Morgan fingerprint density at radius 2 is 2.10 bits per heavy atom. The van der Waals surface area contributed by atoms with Crippen LogP contribution in [0.5, 0.6) is 5.75 Å². The molecule has 0 spiro atoms. The molecule has 0 saturated heterocycles. The van der Waals surface area contributed by atoms with E-state index in [1.165, 1.54) is 12.1 Å². The van der Waals surface area contributed by atoms with Crippen LogP contribution in [0.3, 0.4) is 0 Å². The Balaban J connectivity index is 2.57. The van der Waals surface area contributed by atoms with Gasteiger partial charge in [-0.1, -0.05) is 19.9 Å². The van der Waals surface area contributed by atoms with Gasteiger partial charge in [-0.15, -0.1) is 0 Å². The van der Waals surface area contributed by atoms with Gasteiger partial charge < -0.3 is 15.8 Å². The van der Waals surface area contributed by atoms with Gasteiger partial charge in [0.05, 0.1) is 0 Å². The molecule has 1 unspecified atom stereocenters. The Labute approximate surface area is 123 Å². The minimum atomic E-state index is -2.89. The second-order valence-corrected chi connectivity index (χ2v) is 5.39. The van der Waals surface area contributed by atoms with E-state index in [1.807, 2.05) is 0 Å². The van der Waals surface area contributed by atoms with Crippen molar-refractivity contribution in [2.75, 3.05) is 11.9 Å². The van der Waals surface area contributed by atoms with Gasteiger partial charge in [-0.25, -0.2) is 0 Å². The maximum absolute atomic E-state index is 12.1. The summed E-state index contributed by atoms with van der Waals surface area (Å²) < 4.78 is 28.5. The van der Waals surface area contributed by atoms with E-state index in [2.05, 4.69) is 23.9 Å². The molecular weight excluding hydrogens is 278 g/mol. The fraction of sp³-hybridized carbons (Fsp3) is 0.533. The van der Waals surface area contributed by atoms with Crippen LogP contribution in [0, 0.1) is 11.8 Å². The normalized spacial score (nSPS) is 12.5. The molecule has 0 heterocycles. The number of amides is 1. The van der Waals surface area contributed by atoms with E-state index >= 15 is 0 Å². The van der Waals surface area contributed by atoms with Crippen molar-refractivity contribution >= 4 is 11.6 Å². The van der Waals surface area contributed by atoms with Crippen molar-refractivity contribution < 1.29 is 18.3 Å². The molecule has 0 aromatic heterocycles. The predicted molar refractivity (Wildman–Crippen MR) is 78.3 cm³/mol. The average molecular weight is 300 g/mol. The van der Waals surface area contributed by atoms with Crippen LogP contribution in [-0.4, -0.2) is 19.1 Å². The molecule has 0 radical (unpaired) electrons. The minimum absolute atomic E-state index is 0.0142. The standard InChI is InChI=1S/C15H22F2N2O2/c1-10(2)6-11(9-18)7-14(20)19-12-4-3-5-13(8-12)21-15(16)17/h3-5,8,10-11,15H,6-7,9,18H2,1-2H3,(H,19,20). The maximum Gasteiger partial charge on any atom is 0.387 e.